The second-order valence-corrected chi connectivity index (χ2v) is 4.34. The van der Waals surface area contributed by atoms with Crippen LogP contribution in [0.2, 0.25) is 0 Å². The van der Waals surface area contributed by atoms with Gasteiger partial charge in [0.2, 0.25) is 0 Å². The van der Waals surface area contributed by atoms with Crippen LogP contribution in [0.4, 0.5) is 13.2 Å². The Hall–Kier alpha value is -1.81. The summed E-state index contributed by atoms with van der Waals surface area (Å²) in [5.41, 5.74) is 0.161. The summed E-state index contributed by atoms with van der Waals surface area (Å²) < 4.78 is 39.3. The van der Waals surface area contributed by atoms with E-state index < -0.39 is 17.8 Å². The molecule has 0 fully saturated rings. The molecule has 2 aromatic carbocycles. The fourth-order valence-electron chi connectivity index (χ4n) is 1.93. The van der Waals surface area contributed by atoms with Crippen molar-refractivity contribution in [1.29, 1.82) is 0 Å². The lowest BCUT2D eigenvalue weighted by Gasteiger charge is -2.15. The zero-order valence-corrected chi connectivity index (χ0v) is 10.3. The number of hydrogen-bond donors (Lipinski definition) is 1. The number of alkyl halides is 3. The summed E-state index contributed by atoms with van der Waals surface area (Å²) in [5, 5.41) is 9.41. The second kappa shape index (κ2) is 5.05. The molecule has 4 heteroatoms. The minimum absolute atomic E-state index is 0.123. The van der Waals surface area contributed by atoms with E-state index in [4.69, 9.17) is 0 Å². The van der Waals surface area contributed by atoms with E-state index in [0.29, 0.717) is 5.56 Å². The van der Waals surface area contributed by atoms with E-state index in [2.05, 4.69) is 0 Å². The van der Waals surface area contributed by atoms with E-state index in [9.17, 15) is 18.3 Å². The molecule has 0 bridgehead atoms. The van der Waals surface area contributed by atoms with Crippen LogP contribution < -0.4 is 0 Å². The Morgan fingerprint density at radius 2 is 1.63 bits per heavy atom. The fourth-order valence-corrected chi connectivity index (χ4v) is 1.93. The van der Waals surface area contributed by atoms with E-state index >= 15 is 0 Å². The standard InChI is InChI=1S/C15H13F3O/c1-10(19)12-7-8-13(11-5-3-2-4-6-11)14(9-12)15(16,17)18/h2-10,19H,1H3. The molecular weight excluding hydrogens is 253 g/mol. The second-order valence-electron chi connectivity index (χ2n) is 4.34. The molecule has 0 saturated heterocycles. The highest BCUT2D eigenvalue weighted by atomic mass is 19.4. The van der Waals surface area contributed by atoms with Gasteiger partial charge in [0.15, 0.2) is 0 Å². The van der Waals surface area contributed by atoms with Crippen LogP contribution in [0.25, 0.3) is 11.1 Å². The first-order chi connectivity index (χ1) is 8.89. The largest absolute Gasteiger partial charge is 0.417 e. The molecule has 0 aromatic heterocycles. The van der Waals surface area contributed by atoms with Gasteiger partial charge in [-0.05, 0) is 29.7 Å². The van der Waals surface area contributed by atoms with Gasteiger partial charge in [-0.1, -0.05) is 42.5 Å². The van der Waals surface area contributed by atoms with Gasteiger partial charge in [0.25, 0.3) is 0 Å². The minimum Gasteiger partial charge on any atom is -0.389 e. The molecule has 2 aromatic rings. The molecule has 1 atom stereocenters. The van der Waals surface area contributed by atoms with Crippen molar-refractivity contribution in [3.05, 3.63) is 59.7 Å². The first kappa shape index (κ1) is 13.6. The summed E-state index contributed by atoms with van der Waals surface area (Å²) in [6, 6.07) is 12.3. The number of hydrogen-bond acceptors (Lipinski definition) is 1. The fraction of sp³-hybridized carbons (Fsp3) is 0.200. The van der Waals surface area contributed by atoms with E-state index in [1.54, 1.807) is 30.3 Å². The van der Waals surface area contributed by atoms with Crippen molar-refractivity contribution in [2.45, 2.75) is 19.2 Å². The number of halogens is 3. The van der Waals surface area contributed by atoms with Gasteiger partial charge < -0.3 is 5.11 Å². The molecular formula is C15H13F3O. The zero-order valence-electron chi connectivity index (χ0n) is 10.3. The zero-order chi connectivity index (χ0) is 14.0. The van der Waals surface area contributed by atoms with Crippen molar-refractivity contribution in [3.8, 4) is 11.1 Å². The molecule has 19 heavy (non-hydrogen) atoms. The maximum Gasteiger partial charge on any atom is 0.417 e. The van der Waals surface area contributed by atoms with Crippen LogP contribution in [-0.4, -0.2) is 5.11 Å². The highest BCUT2D eigenvalue weighted by Gasteiger charge is 2.34. The number of benzene rings is 2. The Kier molecular flexibility index (Phi) is 3.62. The van der Waals surface area contributed by atoms with Crippen molar-refractivity contribution < 1.29 is 18.3 Å². The molecule has 0 radical (unpaired) electrons. The van der Waals surface area contributed by atoms with Crippen LogP contribution in [0.3, 0.4) is 0 Å². The van der Waals surface area contributed by atoms with Gasteiger partial charge >= 0.3 is 6.18 Å². The summed E-state index contributed by atoms with van der Waals surface area (Å²) in [6.07, 6.45) is -5.37. The monoisotopic (exact) mass is 266 g/mol. The Labute approximate surface area is 109 Å². The van der Waals surface area contributed by atoms with Crippen molar-refractivity contribution in [3.63, 3.8) is 0 Å². The molecule has 0 aliphatic heterocycles. The molecule has 0 spiro atoms. The minimum atomic E-state index is -4.45. The first-order valence-corrected chi connectivity index (χ1v) is 5.84. The molecule has 0 heterocycles. The van der Waals surface area contributed by atoms with Gasteiger partial charge in [-0.2, -0.15) is 13.2 Å². The normalized spacial score (nSPS) is 13.3. The van der Waals surface area contributed by atoms with E-state index in [-0.39, 0.29) is 11.1 Å². The molecule has 1 unspecified atom stereocenters. The molecule has 0 aliphatic rings. The number of rotatable bonds is 2. The molecule has 1 nitrogen and oxygen atoms in total. The van der Waals surface area contributed by atoms with Crippen LogP contribution in [0.1, 0.15) is 24.2 Å². The number of aliphatic hydroxyl groups excluding tert-OH is 1. The van der Waals surface area contributed by atoms with Crippen molar-refractivity contribution in [2.75, 3.05) is 0 Å². The third kappa shape index (κ3) is 2.96. The quantitative estimate of drug-likeness (QED) is 0.852. The van der Waals surface area contributed by atoms with Crippen molar-refractivity contribution in [1.82, 2.24) is 0 Å². The van der Waals surface area contributed by atoms with Crippen LogP contribution in [-0.2, 0) is 6.18 Å². The summed E-state index contributed by atoms with van der Waals surface area (Å²) in [6.45, 7) is 1.44. The molecule has 0 saturated carbocycles. The van der Waals surface area contributed by atoms with Crippen molar-refractivity contribution in [2.24, 2.45) is 0 Å². The average molecular weight is 266 g/mol. The Morgan fingerprint density at radius 1 is 1.00 bits per heavy atom. The summed E-state index contributed by atoms with van der Waals surface area (Å²) in [5.74, 6) is 0. The summed E-state index contributed by atoms with van der Waals surface area (Å²) >= 11 is 0. The first-order valence-electron chi connectivity index (χ1n) is 5.84. The van der Waals surface area contributed by atoms with E-state index in [1.165, 1.54) is 19.1 Å². The lowest BCUT2D eigenvalue weighted by Crippen LogP contribution is -2.08. The van der Waals surface area contributed by atoms with Crippen LogP contribution in [0.15, 0.2) is 48.5 Å². The Balaban J connectivity index is 2.62. The summed E-state index contributed by atoms with van der Waals surface area (Å²) in [7, 11) is 0. The lowest BCUT2D eigenvalue weighted by atomic mass is 9.96. The highest BCUT2D eigenvalue weighted by Crippen LogP contribution is 2.38. The molecule has 2 rings (SSSR count). The van der Waals surface area contributed by atoms with E-state index in [1.807, 2.05) is 0 Å². The topological polar surface area (TPSA) is 20.2 Å². The van der Waals surface area contributed by atoms with Crippen LogP contribution >= 0.6 is 0 Å². The Morgan fingerprint density at radius 3 is 2.16 bits per heavy atom. The summed E-state index contributed by atoms with van der Waals surface area (Å²) in [4.78, 5) is 0. The van der Waals surface area contributed by atoms with Crippen LogP contribution in [0, 0.1) is 0 Å². The number of aliphatic hydroxyl groups is 1. The van der Waals surface area contributed by atoms with Gasteiger partial charge in [-0.15, -0.1) is 0 Å². The van der Waals surface area contributed by atoms with Gasteiger partial charge in [-0.3, -0.25) is 0 Å². The maximum atomic E-state index is 13.1. The van der Waals surface area contributed by atoms with Gasteiger partial charge in [0.05, 0.1) is 11.7 Å². The highest BCUT2D eigenvalue weighted by molar-refractivity contribution is 5.68. The Bertz CT molecular complexity index is 559. The maximum absolute atomic E-state index is 13.1. The van der Waals surface area contributed by atoms with Crippen molar-refractivity contribution >= 4 is 0 Å². The van der Waals surface area contributed by atoms with Crippen LogP contribution in [0.5, 0.6) is 0 Å². The van der Waals surface area contributed by atoms with Gasteiger partial charge in [-0.25, -0.2) is 0 Å². The predicted octanol–water partition coefficient (Wildman–Crippen LogP) is 4.43. The van der Waals surface area contributed by atoms with Gasteiger partial charge in [0, 0.05) is 0 Å². The van der Waals surface area contributed by atoms with E-state index in [0.717, 1.165) is 6.07 Å². The lowest BCUT2D eigenvalue weighted by molar-refractivity contribution is -0.137. The molecule has 0 aliphatic carbocycles. The third-order valence-electron chi connectivity index (χ3n) is 2.92. The average Bonchev–Trinajstić information content (AvgIpc) is 2.38. The smallest absolute Gasteiger partial charge is 0.389 e. The van der Waals surface area contributed by atoms with Gasteiger partial charge in [0.1, 0.15) is 0 Å². The molecule has 1 N–H and O–H groups in total. The molecule has 100 valence electrons. The predicted molar refractivity (Wildman–Crippen MR) is 67.5 cm³/mol. The molecule has 0 amide bonds. The SMILES string of the molecule is CC(O)c1ccc(-c2ccccc2)c(C(F)(F)F)c1. The third-order valence-corrected chi connectivity index (χ3v) is 2.92.